The second-order valence-corrected chi connectivity index (χ2v) is 3.26. The molecule has 1 rings (SSSR count). The Bertz CT molecular complexity index is 278. The normalized spacial score (nSPS) is 21.5. The molecular formula is C8H10ClF3N2O. The first kappa shape index (κ1) is 12.2. The van der Waals surface area contributed by atoms with Crippen LogP contribution in [0, 0.1) is 0 Å². The second-order valence-electron chi connectivity index (χ2n) is 2.95. The molecule has 0 spiro atoms. The van der Waals surface area contributed by atoms with Gasteiger partial charge in [0.05, 0.1) is 5.88 Å². The lowest BCUT2D eigenvalue weighted by Crippen LogP contribution is -2.35. The van der Waals surface area contributed by atoms with Crippen LogP contribution in [0.2, 0.25) is 0 Å². The fraction of sp³-hybridized carbons (Fsp3) is 0.625. The van der Waals surface area contributed by atoms with Crippen LogP contribution in [-0.4, -0.2) is 43.0 Å². The summed E-state index contributed by atoms with van der Waals surface area (Å²) in [5, 5.41) is 0. The number of alkyl halides is 4. The molecule has 0 bridgehead atoms. The molecule has 1 heterocycles. The van der Waals surface area contributed by atoms with Gasteiger partial charge in [0.2, 0.25) is 0 Å². The summed E-state index contributed by atoms with van der Waals surface area (Å²) in [4.78, 5) is 5.41. The van der Waals surface area contributed by atoms with Crippen LogP contribution in [0.4, 0.5) is 13.2 Å². The van der Waals surface area contributed by atoms with Crippen LogP contribution in [0.25, 0.3) is 0 Å². The maximum absolute atomic E-state index is 11.9. The molecule has 0 fully saturated rings. The Morgan fingerprint density at radius 1 is 1.60 bits per heavy atom. The van der Waals surface area contributed by atoms with Gasteiger partial charge in [-0.2, -0.15) is 13.2 Å². The number of hydrogen-bond donors (Lipinski definition) is 0. The maximum Gasteiger partial charge on any atom is 0.422 e. The zero-order valence-corrected chi connectivity index (χ0v) is 8.72. The van der Waals surface area contributed by atoms with Crippen molar-refractivity contribution in [2.24, 2.45) is 4.99 Å². The van der Waals surface area contributed by atoms with E-state index in [4.69, 9.17) is 11.6 Å². The Morgan fingerprint density at radius 2 is 2.27 bits per heavy atom. The van der Waals surface area contributed by atoms with Crippen molar-refractivity contribution in [1.82, 2.24) is 4.90 Å². The van der Waals surface area contributed by atoms with Gasteiger partial charge < -0.3 is 9.64 Å². The van der Waals surface area contributed by atoms with E-state index in [-0.39, 0.29) is 17.9 Å². The molecule has 0 N–H and O–H groups in total. The van der Waals surface area contributed by atoms with E-state index in [0.29, 0.717) is 0 Å². The molecule has 0 aromatic carbocycles. The van der Waals surface area contributed by atoms with Gasteiger partial charge in [0.15, 0.2) is 12.5 Å². The van der Waals surface area contributed by atoms with Crippen molar-refractivity contribution in [3.8, 4) is 0 Å². The van der Waals surface area contributed by atoms with Gasteiger partial charge in [-0.25, -0.2) is 0 Å². The van der Waals surface area contributed by atoms with Crippen molar-refractivity contribution < 1.29 is 17.9 Å². The molecule has 0 saturated carbocycles. The number of halogens is 4. The third-order valence-electron chi connectivity index (χ3n) is 1.79. The first-order valence-electron chi connectivity index (χ1n) is 4.16. The summed E-state index contributed by atoms with van der Waals surface area (Å²) >= 11 is 5.57. The van der Waals surface area contributed by atoms with Crippen molar-refractivity contribution in [3.05, 3.63) is 12.0 Å². The van der Waals surface area contributed by atoms with E-state index in [1.54, 1.807) is 7.05 Å². The molecule has 0 aromatic heterocycles. The highest BCUT2D eigenvalue weighted by atomic mass is 35.5. The van der Waals surface area contributed by atoms with Gasteiger partial charge in [0.25, 0.3) is 0 Å². The van der Waals surface area contributed by atoms with E-state index in [2.05, 4.69) is 9.73 Å². The number of rotatable bonds is 3. The van der Waals surface area contributed by atoms with Crippen LogP contribution in [0.5, 0.6) is 0 Å². The van der Waals surface area contributed by atoms with Crippen LogP contribution in [0.3, 0.4) is 0 Å². The van der Waals surface area contributed by atoms with Crippen molar-refractivity contribution >= 4 is 17.8 Å². The summed E-state index contributed by atoms with van der Waals surface area (Å²) in [5.74, 6) is 0.313. The monoisotopic (exact) mass is 242 g/mol. The third-order valence-corrected chi connectivity index (χ3v) is 2.07. The van der Waals surface area contributed by atoms with Crippen molar-refractivity contribution in [2.75, 3.05) is 19.5 Å². The largest absolute Gasteiger partial charge is 0.469 e. The Hall–Kier alpha value is -0.910. The first-order chi connectivity index (χ1) is 6.94. The van der Waals surface area contributed by atoms with Crippen LogP contribution in [-0.2, 0) is 4.74 Å². The van der Waals surface area contributed by atoms with Gasteiger partial charge in [-0.05, 0) is 0 Å². The Balaban J connectivity index is 2.55. The molecule has 15 heavy (non-hydrogen) atoms. The van der Waals surface area contributed by atoms with Gasteiger partial charge in [-0.1, -0.05) is 0 Å². The minimum Gasteiger partial charge on any atom is -0.469 e. The topological polar surface area (TPSA) is 24.8 Å². The first-order valence-corrected chi connectivity index (χ1v) is 4.69. The average molecular weight is 243 g/mol. The SMILES string of the molecule is CN1C(OCC(F)(F)F)=CC=NC1CCl. The van der Waals surface area contributed by atoms with E-state index in [0.717, 1.165) is 0 Å². The number of hydrogen-bond acceptors (Lipinski definition) is 3. The number of ether oxygens (including phenoxy) is 1. The van der Waals surface area contributed by atoms with Gasteiger partial charge in [0, 0.05) is 19.3 Å². The van der Waals surface area contributed by atoms with Crippen LogP contribution in [0.1, 0.15) is 0 Å². The lowest BCUT2D eigenvalue weighted by molar-refractivity contribution is -0.170. The highest BCUT2D eigenvalue weighted by Gasteiger charge is 2.30. The molecule has 0 amide bonds. The Kier molecular flexibility index (Phi) is 3.84. The second kappa shape index (κ2) is 4.74. The molecular weight excluding hydrogens is 233 g/mol. The van der Waals surface area contributed by atoms with Gasteiger partial charge in [-0.15, -0.1) is 11.6 Å². The lowest BCUT2D eigenvalue weighted by Gasteiger charge is -2.29. The van der Waals surface area contributed by atoms with Crippen LogP contribution < -0.4 is 0 Å². The van der Waals surface area contributed by atoms with E-state index in [1.807, 2.05) is 0 Å². The molecule has 1 aliphatic heterocycles. The maximum atomic E-state index is 11.9. The third kappa shape index (κ3) is 3.62. The lowest BCUT2D eigenvalue weighted by atomic mass is 10.4. The molecule has 0 aliphatic carbocycles. The molecule has 3 nitrogen and oxygen atoms in total. The molecule has 0 saturated heterocycles. The number of nitrogens with zero attached hydrogens (tertiary/aromatic N) is 2. The number of aliphatic imine (C=N–C) groups is 1. The molecule has 86 valence electrons. The summed E-state index contributed by atoms with van der Waals surface area (Å²) in [5.41, 5.74) is 0. The molecule has 0 aromatic rings. The Labute approximate surface area is 90.2 Å². The molecule has 1 atom stereocenters. The highest BCUT2D eigenvalue weighted by Crippen LogP contribution is 2.20. The van der Waals surface area contributed by atoms with Crippen LogP contribution >= 0.6 is 11.6 Å². The molecule has 7 heteroatoms. The van der Waals surface area contributed by atoms with E-state index < -0.39 is 12.8 Å². The summed E-state index contributed by atoms with van der Waals surface area (Å²) in [7, 11) is 1.58. The molecule has 0 radical (unpaired) electrons. The van der Waals surface area contributed by atoms with E-state index >= 15 is 0 Å². The number of allylic oxidation sites excluding steroid dienone is 1. The fourth-order valence-corrected chi connectivity index (χ4v) is 1.31. The summed E-state index contributed by atoms with van der Waals surface area (Å²) in [6.45, 7) is -1.31. The van der Waals surface area contributed by atoms with Crippen molar-refractivity contribution in [3.63, 3.8) is 0 Å². The van der Waals surface area contributed by atoms with E-state index in [9.17, 15) is 13.2 Å². The Morgan fingerprint density at radius 3 is 2.80 bits per heavy atom. The summed E-state index contributed by atoms with van der Waals surface area (Å²) in [6, 6.07) is 0. The van der Waals surface area contributed by atoms with Gasteiger partial charge in [-0.3, -0.25) is 4.99 Å². The quantitative estimate of drug-likeness (QED) is 0.707. The predicted octanol–water partition coefficient (Wildman–Crippen LogP) is 1.99. The van der Waals surface area contributed by atoms with Gasteiger partial charge in [0.1, 0.15) is 6.17 Å². The van der Waals surface area contributed by atoms with Crippen molar-refractivity contribution in [1.29, 1.82) is 0 Å². The molecule has 1 unspecified atom stereocenters. The van der Waals surface area contributed by atoms with Crippen molar-refractivity contribution in [2.45, 2.75) is 12.3 Å². The smallest absolute Gasteiger partial charge is 0.422 e. The zero-order valence-electron chi connectivity index (χ0n) is 7.96. The minimum atomic E-state index is -4.34. The highest BCUT2D eigenvalue weighted by molar-refractivity contribution is 6.18. The van der Waals surface area contributed by atoms with Crippen LogP contribution in [0.15, 0.2) is 17.0 Å². The average Bonchev–Trinajstić information content (AvgIpc) is 2.15. The molecule has 1 aliphatic rings. The predicted molar refractivity (Wildman–Crippen MR) is 50.9 cm³/mol. The standard InChI is InChI=1S/C8H10ClF3N2O/c1-14-6(4-9)13-3-2-7(14)15-5-8(10,11)12/h2-3,6H,4-5H2,1H3. The van der Waals surface area contributed by atoms with E-state index in [1.165, 1.54) is 17.2 Å². The minimum absolute atomic E-state index is 0.118. The van der Waals surface area contributed by atoms with Gasteiger partial charge >= 0.3 is 6.18 Å². The summed E-state index contributed by atoms with van der Waals surface area (Å²) in [6.07, 6.45) is -1.96. The fourth-order valence-electron chi connectivity index (χ4n) is 1.02. The zero-order chi connectivity index (χ0) is 11.5. The summed E-state index contributed by atoms with van der Waals surface area (Å²) < 4.78 is 40.3.